The van der Waals surface area contributed by atoms with E-state index in [1.807, 2.05) is 75.4 Å². The number of carbonyl (C=O) groups excluding carboxylic acids is 2. The zero-order valence-electron chi connectivity index (χ0n) is 16.7. The molecule has 0 fully saturated rings. The third-order valence-electron chi connectivity index (χ3n) is 4.84. The normalized spacial score (nSPS) is 12.9. The van der Waals surface area contributed by atoms with Crippen LogP contribution in [0.1, 0.15) is 43.9 Å². The molecule has 1 N–H and O–H groups in total. The lowest BCUT2D eigenvalue weighted by Gasteiger charge is -2.30. The van der Waals surface area contributed by atoms with Crippen LogP contribution in [-0.4, -0.2) is 28.8 Å². The van der Waals surface area contributed by atoms with Crippen molar-refractivity contribution in [2.75, 3.05) is 0 Å². The first-order valence-corrected chi connectivity index (χ1v) is 9.60. The molecule has 2 aromatic rings. The Hall–Kier alpha value is -2.62. The molecule has 0 aliphatic heterocycles. The zero-order chi connectivity index (χ0) is 19.8. The molecule has 27 heavy (non-hydrogen) atoms. The van der Waals surface area contributed by atoms with Gasteiger partial charge >= 0.3 is 0 Å². The number of rotatable bonds is 8. The Morgan fingerprint density at radius 1 is 0.963 bits per heavy atom. The average Bonchev–Trinajstić information content (AvgIpc) is 2.67. The van der Waals surface area contributed by atoms with Gasteiger partial charge in [0.2, 0.25) is 11.8 Å². The Bertz CT molecular complexity index is 741. The molecule has 2 aromatic carbocycles. The summed E-state index contributed by atoms with van der Waals surface area (Å²) >= 11 is 0. The summed E-state index contributed by atoms with van der Waals surface area (Å²) in [4.78, 5) is 27.4. The maximum atomic E-state index is 13.0. The lowest BCUT2D eigenvalue weighted by molar-refractivity contribution is -0.140. The molecule has 0 radical (unpaired) electrons. The first-order valence-electron chi connectivity index (χ1n) is 9.60. The first-order chi connectivity index (χ1) is 12.9. The van der Waals surface area contributed by atoms with Crippen molar-refractivity contribution in [1.29, 1.82) is 0 Å². The highest BCUT2D eigenvalue weighted by Crippen LogP contribution is 2.13. The van der Waals surface area contributed by atoms with Gasteiger partial charge in [-0.3, -0.25) is 9.59 Å². The molecule has 0 heterocycles. The average molecular weight is 367 g/mol. The maximum absolute atomic E-state index is 13.0. The summed E-state index contributed by atoms with van der Waals surface area (Å²) in [6.45, 7) is 8.25. The van der Waals surface area contributed by atoms with E-state index in [0.29, 0.717) is 6.54 Å². The van der Waals surface area contributed by atoms with Gasteiger partial charge in [0, 0.05) is 12.6 Å². The van der Waals surface area contributed by atoms with Crippen LogP contribution in [0.15, 0.2) is 54.6 Å². The number of benzene rings is 2. The highest BCUT2D eigenvalue weighted by Gasteiger charge is 2.26. The predicted molar refractivity (Wildman–Crippen MR) is 109 cm³/mol. The molecule has 0 aliphatic carbocycles. The van der Waals surface area contributed by atoms with E-state index in [-0.39, 0.29) is 24.3 Å². The van der Waals surface area contributed by atoms with Crippen molar-refractivity contribution in [1.82, 2.24) is 10.2 Å². The molecule has 0 bridgehead atoms. The van der Waals surface area contributed by atoms with Gasteiger partial charge in [-0.25, -0.2) is 0 Å². The second-order valence-electron chi connectivity index (χ2n) is 7.16. The summed E-state index contributed by atoms with van der Waals surface area (Å²) in [5.74, 6) is -0.161. The largest absolute Gasteiger partial charge is 0.352 e. The van der Waals surface area contributed by atoms with Crippen molar-refractivity contribution in [3.8, 4) is 0 Å². The van der Waals surface area contributed by atoms with E-state index in [0.717, 1.165) is 17.5 Å². The number of hydrogen-bond acceptors (Lipinski definition) is 2. The van der Waals surface area contributed by atoms with Crippen LogP contribution in [0.2, 0.25) is 0 Å². The Kier molecular flexibility index (Phi) is 7.59. The van der Waals surface area contributed by atoms with Crippen molar-refractivity contribution in [2.45, 2.75) is 59.2 Å². The van der Waals surface area contributed by atoms with Crippen LogP contribution in [0, 0.1) is 6.92 Å². The van der Waals surface area contributed by atoms with Crippen LogP contribution in [0.5, 0.6) is 0 Å². The third-order valence-corrected chi connectivity index (χ3v) is 4.84. The van der Waals surface area contributed by atoms with Gasteiger partial charge in [-0.1, -0.05) is 67.1 Å². The van der Waals surface area contributed by atoms with Gasteiger partial charge in [-0.2, -0.15) is 0 Å². The minimum atomic E-state index is -0.531. The van der Waals surface area contributed by atoms with Gasteiger partial charge in [0.1, 0.15) is 6.04 Å². The topological polar surface area (TPSA) is 49.4 Å². The summed E-state index contributed by atoms with van der Waals surface area (Å²) in [5.41, 5.74) is 3.14. The van der Waals surface area contributed by atoms with Crippen LogP contribution in [0.3, 0.4) is 0 Å². The van der Waals surface area contributed by atoms with Crippen molar-refractivity contribution < 1.29 is 9.59 Å². The maximum Gasteiger partial charge on any atom is 0.242 e. The minimum absolute atomic E-state index is 0.0476. The van der Waals surface area contributed by atoms with Gasteiger partial charge in [0.05, 0.1) is 6.42 Å². The van der Waals surface area contributed by atoms with E-state index in [1.54, 1.807) is 11.8 Å². The van der Waals surface area contributed by atoms with E-state index >= 15 is 0 Å². The number of hydrogen-bond donors (Lipinski definition) is 1. The standard InChI is InChI=1S/C23H30N2O2/c1-5-18(3)24-23(27)19(4)25(16-21-13-11-17(2)12-14-21)22(26)15-20-9-7-6-8-10-20/h6-14,18-19H,5,15-16H2,1-4H3,(H,24,27)/t18-,19-/m0/s1. The van der Waals surface area contributed by atoms with Gasteiger partial charge in [0.25, 0.3) is 0 Å². The molecule has 4 nitrogen and oxygen atoms in total. The van der Waals surface area contributed by atoms with E-state index in [9.17, 15) is 9.59 Å². The number of carbonyl (C=O) groups is 2. The molecule has 2 rings (SSSR count). The molecule has 0 unspecified atom stereocenters. The molecule has 0 spiro atoms. The van der Waals surface area contributed by atoms with Gasteiger partial charge in [0.15, 0.2) is 0 Å². The molecular weight excluding hydrogens is 336 g/mol. The second-order valence-corrected chi connectivity index (χ2v) is 7.16. The lowest BCUT2D eigenvalue weighted by atomic mass is 10.1. The summed E-state index contributed by atoms with van der Waals surface area (Å²) < 4.78 is 0. The highest BCUT2D eigenvalue weighted by molar-refractivity contribution is 5.88. The van der Waals surface area contributed by atoms with Crippen LogP contribution in [0.25, 0.3) is 0 Å². The number of aryl methyl sites for hydroxylation is 1. The second kappa shape index (κ2) is 9.91. The zero-order valence-corrected chi connectivity index (χ0v) is 16.7. The predicted octanol–water partition coefficient (Wildman–Crippen LogP) is 3.87. The van der Waals surface area contributed by atoms with Crippen LogP contribution in [-0.2, 0) is 22.6 Å². The molecule has 4 heteroatoms. The quantitative estimate of drug-likeness (QED) is 0.771. The monoisotopic (exact) mass is 366 g/mol. The number of nitrogens with one attached hydrogen (secondary N) is 1. The SMILES string of the molecule is CC[C@H](C)NC(=O)[C@H](C)N(Cc1ccc(C)cc1)C(=O)Cc1ccccc1. The van der Waals surface area contributed by atoms with E-state index in [2.05, 4.69) is 5.32 Å². The van der Waals surface area contributed by atoms with Crippen LogP contribution >= 0.6 is 0 Å². The summed E-state index contributed by atoms with van der Waals surface area (Å²) in [5, 5.41) is 2.99. The van der Waals surface area contributed by atoms with Crippen LogP contribution < -0.4 is 5.32 Å². The fourth-order valence-electron chi connectivity index (χ4n) is 2.81. The van der Waals surface area contributed by atoms with Crippen LogP contribution in [0.4, 0.5) is 0 Å². The highest BCUT2D eigenvalue weighted by atomic mass is 16.2. The van der Waals surface area contributed by atoms with E-state index in [1.165, 1.54) is 5.56 Å². The molecule has 0 aliphatic rings. The molecule has 0 saturated heterocycles. The molecule has 2 amide bonds. The molecule has 2 atom stereocenters. The minimum Gasteiger partial charge on any atom is -0.352 e. The Morgan fingerprint density at radius 2 is 1.59 bits per heavy atom. The van der Waals surface area contributed by atoms with E-state index < -0.39 is 6.04 Å². The summed E-state index contributed by atoms with van der Waals surface area (Å²) in [7, 11) is 0. The van der Waals surface area contributed by atoms with Gasteiger partial charge < -0.3 is 10.2 Å². The third kappa shape index (κ3) is 6.24. The van der Waals surface area contributed by atoms with Crippen molar-refractivity contribution in [3.63, 3.8) is 0 Å². The summed E-state index contributed by atoms with van der Waals surface area (Å²) in [6, 6.07) is 17.3. The van der Waals surface area contributed by atoms with Gasteiger partial charge in [-0.05, 0) is 38.3 Å². The summed E-state index contributed by atoms with van der Waals surface area (Å²) in [6.07, 6.45) is 1.14. The fourth-order valence-corrected chi connectivity index (χ4v) is 2.81. The molecule has 0 aromatic heterocycles. The van der Waals surface area contributed by atoms with E-state index in [4.69, 9.17) is 0 Å². The number of nitrogens with zero attached hydrogens (tertiary/aromatic N) is 1. The Morgan fingerprint density at radius 3 is 2.19 bits per heavy atom. The fraction of sp³-hybridized carbons (Fsp3) is 0.391. The van der Waals surface area contributed by atoms with Crippen molar-refractivity contribution in [3.05, 3.63) is 71.3 Å². The Balaban J connectivity index is 2.19. The smallest absolute Gasteiger partial charge is 0.242 e. The molecular formula is C23H30N2O2. The lowest BCUT2D eigenvalue weighted by Crippen LogP contribution is -2.49. The first kappa shape index (κ1) is 20.7. The van der Waals surface area contributed by atoms with Crippen molar-refractivity contribution >= 4 is 11.8 Å². The van der Waals surface area contributed by atoms with Gasteiger partial charge in [-0.15, -0.1) is 0 Å². The van der Waals surface area contributed by atoms with Crippen molar-refractivity contribution in [2.24, 2.45) is 0 Å². The molecule has 144 valence electrons. The Labute approximate surface area is 162 Å². The number of amides is 2. The molecule has 0 saturated carbocycles.